The minimum Gasteiger partial charge on any atom is -0.322 e. The van der Waals surface area contributed by atoms with Crippen molar-refractivity contribution >= 4 is 46.4 Å². The highest BCUT2D eigenvalue weighted by Gasteiger charge is 2.17. The van der Waals surface area contributed by atoms with E-state index in [0.29, 0.717) is 15.7 Å². The summed E-state index contributed by atoms with van der Waals surface area (Å²) >= 11 is 11.8. The fourth-order valence-electron chi connectivity index (χ4n) is 1.98. The van der Waals surface area contributed by atoms with Gasteiger partial charge in [-0.1, -0.05) is 35.3 Å². The monoisotopic (exact) mass is 354 g/mol. The van der Waals surface area contributed by atoms with E-state index in [1.165, 1.54) is 48.2 Å². The smallest absolute Gasteiger partial charge is 0.244 e. The normalized spacial score (nSPS) is 10.3. The lowest BCUT2D eigenvalue weighted by molar-refractivity contribution is -0.120. The van der Waals surface area contributed by atoms with E-state index in [1.807, 2.05) is 0 Å². The molecule has 0 saturated carbocycles. The van der Waals surface area contributed by atoms with Crippen molar-refractivity contribution in [1.82, 2.24) is 0 Å². The Balaban J connectivity index is 2.18. The van der Waals surface area contributed by atoms with Crippen molar-refractivity contribution in [2.24, 2.45) is 0 Å². The SMILES string of the molecule is CC(=O)N(CC(=O)Nc1ccccc1F)c1cc(Cl)cc(Cl)c1. The summed E-state index contributed by atoms with van der Waals surface area (Å²) in [6.07, 6.45) is 0. The number of para-hydroxylation sites is 1. The van der Waals surface area contributed by atoms with E-state index in [-0.39, 0.29) is 18.1 Å². The first kappa shape index (κ1) is 17.2. The van der Waals surface area contributed by atoms with Gasteiger partial charge >= 0.3 is 0 Å². The molecule has 0 heterocycles. The van der Waals surface area contributed by atoms with Crippen molar-refractivity contribution in [1.29, 1.82) is 0 Å². The van der Waals surface area contributed by atoms with Crippen LogP contribution in [0.3, 0.4) is 0 Å². The summed E-state index contributed by atoms with van der Waals surface area (Å²) in [5.74, 6) is -1.46. The molecule has 120 valence electrons. The summed E-state index contributed by atoms with van der Waals surface area (Å²) in [7, 11) is 0. The average molecular weight is 355 g/mol. The average Bonchev–Trinajstić information content (AvgIpc) is 2.46. The first-order valence-corrected chi connectivity index (χ1v) is 7.41. The number of anilines is 2. The number of hydrogen-bond acceptors (Lipinski definition) is 2. The van der Waals surface area contributed by atoms with Gasteiger partial charge in [0.25, 0.3) is 0 Å². The van der Waals surface area contributed by atoms with Gasteiger partial charge in [-0.15, -0.1) is 0 Å². The van der Waals surface area contributed by atoms with Crippen LogP contribution in [0.4, 0.5) is 15.8 Å². The zero-order valence-electron chi connectivity index (χ0n) is 12.1. The summed E-state index contributed by atoms with van der Waals surface area (Å²) in [6.45, 7) is 1.02. The van der Waals surface area contributed by atoms with Crippen LogP contribution in [0.25, 0.3) is 0 Å². The first-order valence-electron chi connectivity index (χ1n) is 6.65. The van der Waals surface area contributed by atoms with Crippen LogP contribution in [-0.2, 0) is 9.59 Å². The topological polar surface area (TPSA) is 49.4 Å². The molecule has 0 fully saturated rings. The van der Waals surface area contributed by atoms with Crippen molar-refractivity contribution < 1.29 is 14.0 Å². The number of nitrogens with zero attached hydrogens (tertiary/aromatic N) is 1. The molecular weight excluding hydrogens is 342 g/mol. The molecule has 7 heteroatoms. The largest absolute Gasteiger partial charge is 0.322 e. The summed E-state index contributed by atoms with van der Waals surface area (Å²) < 4.78 is 13.5. The van der Waals surface area contributed by atoms with Crippen molar-refractivity contribution in [3.63, 3.8) is 0 Å². The van der Waals surface area contributed by atoms with Gasteiger partial charge in [-0.3, -0.25) is 9.59 Å². The van der Waals surface area contributed by atoms with E-state index < -0.39 is 11.7 Å². The number of carbonyl (C=O) groups is 2. The molecule has 23 heavy (non-hydrogen) atoms. The molecule has 0 bridgehead atoms. The summed E-state index contributed by atoms with van der Waals surface area (Å²) in [4.78, 5) is 25.1. The molecule has 2 aromatic carbocycles. The van der Waals surface area contributed by atoms with E-state index in [4.69, 9.17) is 23.2 Å². The second kappa shape index (κ2) is 7.44. The summed E-state index contributed by atoms with van der Waals surface area (Å²) in [5.41, 5.74) is 0.434. The molecule has 1 N–H and O–H groups in total. The van der Waals surface area contributed by atoms with E-state index in [0.717, 1.165) is 0 Å². The van der Waals surface area contributed by atoms with Crippen LogP contribution >= 0.6 is 23.2 Å². The number of rotatable bonds is 4. The third-order valence-corrected chi connectivity index (χ3v) is 3.43. The highest BCUT2D eigenvalue weighted by atomic mass is 35.5. The van der Waals surface area contributed by atoms with Crippen LogP contribution in [0.15, 0.2) is 42.5 Å². The molecule has 2 rings (SSSR count). The van der Waals surface area contributed by atoms with E-state index in [1.54, 1.807) is 6.07 Å². The van der Waals surface area contributed by atoms with E-state index in [9.17, 15) is 14.0 Å². The van der Waals surface area contributed by atoms with Crippen LogP contribution in [0.1, 0.15) is 6.92 Å². The number of amides is 2. The van der Waals surface area contributed by atoms with Crippen LogP contribution in [-0.4, -0.2) is 18.4 Å². The maximum atomic E-state index is 13.5. The number of carbonyl (C=O) groups excluding carboxylic acids is 2. The highest BCUT2D eigenvalue weighted by molar-refractivity contribution is 6.35. The fourth-order valence-corrected chi connectivity index (χ4v) is 2.49. The van der Waals surface area contributed by atoms with E-state index in [2.05, 4.69) is 5.32 Å². The van der Waals surface area contributed by atoms with Gasteiger partial charge in [0.2, 0.25) is 11.8 Å². The Morgan fingerprint density at radius 3 is 2.30 bits per heavy atom. The molecule has 0 radical (unpaired) electrons. The third kappa shape index (κ3) is 4.68. The lowest BCUT2D eigenvalue weighted by Gasteiger charge is -2.21. The Labute approximate surface area is 142 Å². The molecule has 0 spiro atoms. The Kier molecular flexibility index (Phi) is 5.58. The molecular formula is C16H13Cl2FN2O2. The van der Waals surface area contributed by atoms with Crippen molar-refractivity contribution in [2.45, 2.75) is 6.92 Å². The van der Waals surface area contributed by atoms with Crippen LogP contribution in [0.5, 0.6) is 0 Å². The Hall–Kier alpha value is -2.11. The molecule has 0 atom stereocenters. The highest BCUT2D eigenvalue weighted by Crippen LogP contribution is 2.25. The zero-order valence-corrected chi connectivity index (χ0v) is 13.7. The molecule has 2 amide bonds. The standard InChI is InChI=1S/C16H13Cl2FN2O2/c1-10(22)21(13-7-11(17)6-12(18)8-13)9-16(23)20-15-5-3-2-4-14(15)19/h2-8H,9H2,1H3,(H,20,23). The predicted octanol–water partition coefficient (Wildman–Crippen LogP) is 4.12. The van der Waals surface area contributed by atoms with Gasteiger partial charge in [0.15, 0.2) is 0 Å². The zero-order chi connectivity index (χ0) is 17.0. The van der Waals surface area contributed by atoms with Crippen LogP contribution < -0.4 is 10.2 Å². The minimum atomic E-state index is -0.555. The Bertz CT molecular complexity index is 732. The van der Waals surface area contributed by atoms with Crippen LogP contribution in [0.2, 0.25) is 10.0 Å². The first-order chi connectivity index (χ1) is 10.9. The molecule has 2 aromatic rings. The maximum absolute atomic E-state index is 13.5. The number of hydrogen-bond donors (Lipinski definition) is 1. The van der Waals surface area contributed by atoms with Gasteiger partial charge in [0, 0.05) is 22.7 Å². The molecule has 0 aromatic heterocycles. The van der Waals surface area contributed by atoms with Crippen LogP contribution in [0, 0.1) is 5.82 Å². The summed E-state index contributed by atoms with van der Waals surface area (Å²) in [6, 6.07) is 10.3. The van der Waals surface area contributed by atoms with Gasteiger partial charge in [-0.2, -0.15) is 0 Å². The Morgan fingerprint density at radius 1 is 1.13 bits per heavy atom. The number of nitrogens with one attached hydrogen (secondary N) is 1. The van der Waals surface area contributed by atoms with Gasteiger partial charge in [-0.05, 0) is 30.3 Å². The van der Waals surface area contributed by atoms with Gasteiger partial charge < -0.3 is 10.2 Å². The van der Waals surface area contributed by atoms with Crippen molar-refractivity contribution in [3.05, 3.63) is 58.3 Å². The van der Waals surface area contributed by atoms with Gasteiger partial charge in [-0.25, -0.2) is 4.39 Å². The Morgan fingerprint density at radius 2 is 1.74 bits per heavy atom. The lowest BCUT2D eigenvalue weighted by Crippen LogP contribution is -2.36. The molecule has 0 aliphatic carbocycles. The molecule has 0 saturated heterocycles. The molecule has 0 unspecified atom stereocenters. The van der Waals surface area contributed by atoms with E-state index >= 15 is 0 Å². The lowest BCUT2D eigenvalue weighted by atomic mass is 10.2. The molecule has 0 aliphatic rings. The summed E-state index contributed by atoms with van der Waals surface area (Å²) in [5, 5.41) is 3.10. The van der Waals surface area contributed by atoms with Crippen molar-refractivity contribution in [2.75, 3.05) is 16.8 Å². The molecule has 0 aliphatic heterocycles. The minimum absolute atomic E-state index is 0.0464. The maximum Gasteiger partial charge on any atom is 0.244 e. The number of benzene rings is 2. The fraction of sp³-hybridized carbons (Fsp3) is 0.125. The predicted molar refractivity (Wildman–Crippen MR) is 89.5 cm³/mol. The third-order valence-electron chi connectivity index (χ3n) is 2.99. The second-order valence-corrected chi connectivity index (χ2v) is 5.63. The number of halogens is 3. The quantitative estimate of drug-likeness (QED) is 0.897. The van der Waals surface area contributed by atoms with Gasteiger partial charge in [0.1, 0.15) is 12.4 Å². The molecule has 4 nitrogen and oxygen atoms in total. The van der Waals surface area contributed by atoms with Gasteiger partial charge in [0.05, 0.1) is 5.69 Å². The van der Waals surface area contributed by atoms with Crippen molar-refractivity contribution in [3.8, 4) is 0 Å². The second-order valence-electron chi connectivity index (χ2n) is 4.76.